The van der Waals surface area contributed by atoms with Gasteiger partial charge in [-0.3, -0.25) is 9.69 Å². The van der Waals surface area contributed by atoms with E-state index in [4.69, 9.17) is 4.74 Å². The lowest BCUT2D eigenvalue weighted by atomic mass is 9.87. The molecule has 2 atom stereocenters. The Bertz CT molecular complexity index is 376. The molecule has 1 saturated carbocycles. The molecule has 21 heavy (non-hydrogen) atoms. The van der Waals surface area contributed by atoms with Gasteiger partial charge in [0, 0.05) is 19.2 Å². The Balaban J connectivity index is 1.57. The van der Waals surface area contributed by atoms with Gasteiger partial charge in [0.05, 0.1) is 19.2 Å². The molecule has 3 aliphatic rings. The summed E-state index contributed by atoms with van der Waals surface area (Å²) in [5.41, 5.74) is -0.486. The maximum atomic E-state index is 12.6. The molecule has 5 nitrogen and oxygen atoms in total. The van der Waals surface area contributed by atoms with Gasteiger partial charge < -0.3 is 14.7 Å². The molecule has 0 aromatic heterocycles. The zero-order valence-corrected chi connectivity index (χ0v) is 13.1. The number of carbonyl (C=O) groups excluding carboxylic acids is 1. The molecule has 2 heterocycles. The van der Waals surface area contributed by atoms with Crippen molar-refractivity contribution < 1.29 is 14.6 Å². The van der Waals surface area contributed by atoms with Crippen molar-refractivity contribution >= 4 is 5.91 Å². The van der Waals surface area contributed by atoms with Crippen molar-refractivity contribution in [3.63, 3.8) is 0 Å². The van der Waals surface area contributed by atoms with Gasteiger partial charge in [0.1, 0.15) is 5.60 Å². The lowest BCUT2D eigenvalue weighted by molar-refractivity contribution is -0.155. The van der Waals surface area contributed by atoms with Crippen LogP contribution in [0, 0.1) is 0 Å². The minimum atomic E-state index is -0.486. The minimum Gasteiger partial charge on any atom is -0.390 e. The molecule has 5 heteroatoms. The van der Waals surface area contributed by atoms with Crippen LogP contribution in [0.5, 0.6) is 0 Å². The van der Waals surface area contributed by atoms with Crippen molar-refractivity contribution in [1.82, 2.24) is 9.80 Å². The SMILES string of the molecule is CN(CC(=O)N1CC[C@H](O)[C@]2(CCCO2)C1)C1CCCC1. The summed E-state index contributed by atoms with van der Waals surface area (Å²) < 4.78 is 5.82. The fourth-order valence-corrected chi connectivity index (χ4v) is 4.16. The van der Waals surface area contributed by atoms with Crippen molar-refractivity contribution in [2.75, 3.05) is 33.3 Å². The summed E-state index contributed by atoms with van der Waals surface area (Å²) in [6.07, 6.45) is 7.09. The Morgan fingerprint density at radius 3 is 2.76 bits per heavy atom. The monoisotopic (exact) mass is 296 g/mol. The van der Waals surface area contributed by atoms with E-state index in [9.17, 15) is 9.90 Å². The first-order valence-corrected chi connectivity index (χ1v) is 8.41. The lowest BCUT2D eigenvalue weighted by Crippen LogP contribution is -2.59. The molecule has 0 aromatic rings. The average Bonchev–Trinajstić information content (AvgIpc) is 3.14. The van der Waals surface area contributed by atoms with Gasteiger partial charge in [-0.05, 0) is 39.2 Å². The third-order valence-electron chi connectivity index (χ3n) is 5.56. The number of aliphatic hydroxyl groups is 1. The highest BCUT2D eigenvalue weighted by Gasteiger charge is 2.47. The van der Waals surface area contributed by atoms with E-state index in [1.807, 2.05) is 4.90 Å². The van der Waals surface area contributed by atoms with Crippen LogP contribution < -0.4 is 0 Å². The van der Waals surface area contributed by atoms with E-state index in [-0.39, 0.29) is 5.91 Å². The number of aliphatic hydroxyl groups excluding tert-OH is 1. The van der Waals surface area contributed by atoms with Gasteiger partial charge in [-0.1, -0.05) is 12.8 Å². The van der Waals surface area contributed by atoms with Crippen LogP contribution in [0.15, 0.2) is 0 Å². The Labute approximate surface area is 127 Å². The Kier molecular flexibility index (Phi) is 4.52. The zero-order chi connectivity index (χ0) is 14.9. The molecule has 0 radical (unpaired) electrons. The van der Waals surface area contributed by atoms with E-state index in [2.05, 4.69) is 11.9 Å². The van der Waals surface area contributed by atoms with Gasteiger partial charge in [-0.25, -0.2) is 0 Å². The molecule has 1 N–H and O–H groups in total. The minimum absolute atomic E-state index is 0.186. The molecule has 1 spiro atoms. The second-order valence-electron chi connectivity index (χ2n) is 6.99. The maximum absolute atomic E-state index is 12.6. The summed E-state index contributed by atoms with van der Waals surface area (Å²) in [7, 11) is 2.06. The summed E-state index contributed by atoms with van der Waals surface area (Å²) in [4.78, 5) is 16.7. The third-order valence-corrected chi connectivity index (χ3v) is 5.56. The van der Waals surface area contributed by atoms with Crippen molar-refractivity contribution in [2.45, 2.75) is 62.7 Å². The lowest BCUT2D eigenvalue weighted by Gasteiger charge is -2.43. The summed E-state index contributed by atoms with van der Waals surface area (Å²) in [5.74, 6) is 0.186. The summed E-state index contributed by atoms with van der Waals surface area (Å²) >= 11 is 0. The Morgan fingerprint density at radius 2 is 2.10 bits per heavy atom. The highest BCUT2D eigenvalue weighted by molar-refractivity contribution is 5.78. The number of piperidine rings is 1. The number of nitrogens with zero attached hydrogens (tertiary/aromatic N) is 2. The standard InChI is InChI=1S/C16H28N2O3/c1-17(13-5-2-3-6-13)11-15(20)18-9-7-14(19)16(12-18)8-4-10-21-16/h13-14,19H,2-12H2,1H3/t14-,16-/m0/s1. The maximum Gasteiger partial charge on any atom is 0.236 e. The van der Waals surface area contributed by atoms with Gasteiger partial charge in [0.2, 0.25) is 5.91 Å². The van der Waals surface area contributed by atoms with Gasteiger partial charge in [-0.15, -0.1) is 0 Å². The van der Waals surface area contributed by atoms with E-state index >= 15 is 0 Å². The molecular formula is C16H28N2O3. The molecule has 2 saturated heterocycles. The quantitative estimate of drug-likeness (QED) is 0.844. The third kappa shape index (κ3) is 3.10. The van der Waals surface area contributed by atoms with Crippen LogP contribution in [0.25, 0.3) is 0 Å². The molecule has 1 aliphatic carbocycles. The number of rotatable bonds is 3. The van der Waals surface area contributed by atoms with Crippen molar-refractivity contribution in [2.24, 2.45) is 0 Å². The van der Waals surface area contributed by atoms with Crippen LogP contribution in [0.2, 0.25) is 0 Å². The number of carbonyl (C=O) groups is 1. The highest BCUT2D eigenvalue weighted by Crippen LogP contribution is 2.35. The predicted octanol–water partition coefficient (Wildman–Crippen LogP) is 1.00. The van der Waals surface area contributed by atoms with Crippen LogP contribution in [0.4, 0.5) is 0 Å². The highest BCUT2D eigenvalue weighted by atomic mass is 16.5. The molecule has 3 rings (SSSR count). The first-order chi connectivity index (χ1) is 10.1. The average molecular weight is 296 g/mol. The number of likely N-dealkylation sites (N-methyl/N-ethyl adjacent to an activating group) is 1. The van der Waals surface area contributed by atoms with E-state index in [1.165, 1.54) is 25.7 Å². The summed E-state index contributed by atoms with van der Waals surface area (Å²) in [5, 5.41) is 10.2. The van der Waals surface area contributed by atoms with Crippen LogP contribution in [0.1, 0.15) is 44.9 Å². The van der Waals surface area contributed by atoms with E-state index in [0.717, 1.165) is 12.8 Å². The first kappa shape index (κ1) is 15.3. The van der Waals surface area contributed by atoms with Crippen LogP contribution >= 0.6 is 0 Å². The summed E-state index contributed by atoms with van der Waals surface area (Å²) in [6.45, 7) is 2.42. The molecule has 3 fully saturated rings. The van der Waals surface area contributed by atoms with E-state index in [1.54, 1.807) is 0 Å². The molecule has 2 aliphatic heterocycles. The normalized spacial score (nSPS) is 34.2. The largest absolute Gasteiger partial charge is 0.390 e. The molecule has 120 valence electrons. The van der Waals surface area contributed by atoms with Crippen LogP contribution in [-0.2, 0) is 9.53 Å². The number of ether oxygens (including phenoxy) is 1. The number of amides is 1. The molecule has 0 unspecified atom stereocenters. The topological polar surface area (TPSA) is 53.0 Å². The molecule has 0 aromatic carbocycles. The van der Waals surface area contributed by atoms with E-state index in [0.29, 0.717) is 38.7 Å². The van der Waals surface area contributed by atoms with Gasteiger partial charge in [0.25, 0.3) is 0 Å². The molecule has 1 amide bonds. The second-order valence-corrected chi connectivity index (χ2v) is 6.99. The fraction of sp³-hybridized carbons (Fsp3) is 0.938. The predicted molar refractivity (Wildman–Crippen MR) is 80.0 cm³/mol. The number of likely N-dealkylation sites (tertiary alicyclic amines) is 1. The van der Waals surface area contributed by atoms with Crippen molar-refractivity contribution in [3.8, 4) is 0 Å². The second kappa shape index (κ2) is 6.23. The number of hydrogen-bond donors (Lipinski definition) is 1. The van der Waals surface area contributed by atoms with Gasteiger partial charge in [-0.2, -0.15) is 0 Å². The summed E-state index contributed by atoms with van der Waals surface area (Å²) in [6, 6.07) is 0.570. The van der Waals surface area contributed by atoms with Crippen molar-refractivity contribution in [3.05, 3.63) is 0 Å². The van der Waals surface area contributed by atoms with Crippen molar-refractivity contribution in [1.29, 1.82) is 0 Å². The van der Waals surface area contributed by atoms with Crippen LogP contribution in [-0.4, -0.2) is 71.8 Å². The van der Waals surface area contributed by atoms with Crippen LogP contribution in [0.3, 0.4) is 0 Å². The van der Waals surface area contributed by atoms with Gasteiger partial charge >= 0.3 is 0 Å². The fourth-order valence-electron chi connectivity index (χ4n) is 4.16. The van der Waals surface area contributed by atoms with Gasteiger partial charge in [0.15, 0.2) is 0 Å². The Morgan fingerprint density at radius 1 is 1.33 bits per heavy atom. The first-order valence-electron chi connectivity index (χ1n) is 8.41. The van der Waals surface area contributed by atoms with E-state index < -0.39 is 11.7 Å². The molecular weight excluding hydrogens is 268 g/mol. The molecule has 0 bridgehead atoms. The number of hydrogen-bond acceptors (Lipinski definition) is 4. The Hall–Kier alpha value is -0.650. The smallest absolute Gasteiger partial charge is 0.236 e. The zero-order valence-electron chi connectivity index (χ0n) is 13.1.